The number of nitrogens with one attached hydrogen (secondary N) is 1. The maximum Gasteiger partial charge on any atom is 0.362 e. The van der Waals surface area contributed by atoms with Crippen molar-refractivity contribution in [2.75, 3.05) is 5.73 Å². The number of rotatable bonds is 11. The second-order valence-corrected chi connectivity index (χ2v) is 10.3. The van der Waals surface area contributed by atoms with Gasteiger partial charge in [-0.05, 0) is 0 Å². The summed E-state index contributed by atoms with van der Waals surface area (Å²) in [5, 5.41) is 24.9. The van der Waals surface area contributed by atoms with Crippen molar-refractivity contribution in [3.8, 4) is 0 Å². The van der Waals surface area contributed by atoms with Crippen molar-refractivity contribution >= 4 is 50.3 Å². The van der Waals surface area contributed by atoms with Crippen LogP contribution in [0.4, 0.5) is 5.13 Å². The van der Waals surface area contributed by atoms with Gasteiger partial charge in [0.2, 0.25) is 5.60 Å². The van der Waals surface area contributed by atoms with Crippen LogP contribution in [0.5, 0.6) is 0 Å². The van der Waals surface area contributed by atoms with E-state index in [-0.39, 0.29) is 47.6 Å². The van der Waals surface area contributed by atoms with Crippen molar-refractivity contribution in [3.05, 3.63) is 22.5 Å². The fourth-order valence-corrected chi connectivity index (χ4v) is 4.94. The molecule has 2 aromatic rings. The van der Waals surface area contributed by atoms with Gasteiger partial charge in [-0.25, -0.2) is 14.1 Å². The summed E-state index contributed by atoms with van der Waals surface area (Å²) in [5.74, 6) is -3.45. The summed E-state index contributed by atoms with van der Waals surface area (Å²) in [5.41, 5.74) is 15.4. The minimum Gasteiger partial charge on any atom is -0.478 e. The number of hydrogen-bond acceptors (Lipinski definition) is 14. The fraction of sp³-hybridized carbons (Fsp3) is 0.471. The molecule has 2 unspecified atom stereocenters. The van der Waals surface area contributed by atoms with Gasteiger partial charge in [0.25, 0.3) is 11.8 Å². The standard InChI is InChI=1S/C17H22N10O8S2/c18-3-7-8(4-19)24-26(23-7)5-10-12(14(29)27(10)37(32,33)34)22-13(28)11(9-6-36-16(20)21-9)25-35-17(1-2-17)15(30)31/h6,10,12H,1-5,18-19H2,(H2,20,21)(H,22,28)(H,30,31)(H,32,33,34). The molecule has 0 aromatic carbocycles. The molecule has 3 heterocycles. The third-order valence-electron chi connectivity index (χ3n) is 5.63. The normalized spacial score (nSPS) is 20.9. The van der Waals surface area contributed by atoms with Crippen LogP contribution >= 0.6 is 11.3 Å². The van der Waals surface area contributed by atoms with Gasteiger partial charge < -0.3 is 32.5 Å². The Hall–Kier alpha value is -3.72. The highest BCUT2D eigenvalue weighted by molar-refractivity contribution is 7.84. The number of anilines is 1. The first-order chi connectivity index (χ1) is 17.4. The number of carboxylic acid groups (broad SMARTS) is 1. The third-order valence-corrected chi connectivity index (χ3v) is 7.25. The summed E-state index contributed by atoms with van der Waals surface area (Å²) in [6.45, 7) is -0.377. The quantitative estimate of drug-likeness (QED) is 0.0684. The highest BCUT2D eigenvalue weighted by Gasteiger charge is 2.56. The molecule has 0 radical (unpaired) electrons. The Labute approximate surface area is 212 Å². The summed E-state index contributed by atoms with van der Waals surface area (Å²) in [6.07, 6.45) is 0.331. The minimum atomic E-state index is -5.00. The van der Waals surface area contributed by atoms with Gasteiger partial charge in [-0.1, -0.05) is 5.16 Å². The van der Waals surface area contributed by atoms with Crippen LogP contribution in [-0.2, 0) is 49.2 Å². The lowest BCUT2D eigenvalue weighted by Gasteiger charge is -2.43. The lowest BCUT2D eigenvalue weighted by Crippen LogP contribution is -2.73. The van der Waals surface area contributed by atoms with Crippen LogP contribution < -0.4 is 22.5 Å². The summed E-state index contributed by atoms with van der Waals surface area (Å²) in [6, 6.07) is -2.81. The summed E-state index contributed by atoms with van der Waals surface area (Å²) in [4.78, 5) is 47.2. The zero-order valence-electron chi connectivity index (χ0n) is 18.8. The van der Waals surface area contributed by atoms with E-state index in [1.165, 1.54) is 5.38 Å². The highest BCUT2D eigenvalue weighted by Crippen LogP contribution is 2.40. The van der Waals surface area contributed by atoms with Crippen LogP contribution in [0.3, 0.4) is 0 Å². The van der Waals surface area contributed by atoms with Crippen molar-refractivity contribution in [2.24, 2.45) is 16.6 Å². The Balaban J connectivity index is 1.60. The molecule has 0 spiro atoms. The van der Waals surface area contributed by atoms with E-state index in [1.54, 1.807) is 0 Å². The third kappa shape index (κ3) is 5.09. The number of carbonyl (C=O) groups is 3. The molecule has 1 saturated heterocycles. The van der Waals surface area contributed by atoms with Crippen LogP contribution in [0.15, 0.2) is 10.5 Å². The number of aliphatic carboxylic acids is 1. The number of carbonyl (C=O) groups excluding carboxylic acids is 2. The molecule has 1 aliphatic heterocycles. The zero-order valence-corrected chi connectivity index (χ0v) is 20.5. The number of amides is 2. The van der Waals surface area contributed by atoms with Crippen molar-refractivity contribution < 1.29 is 37.3 Å². The van der Waals surface area contributed by atoms with Crippen molar-refractivity contribution in [2.45, 2.75) is 50.2 Å². The van der Waals surface area contributed by atoms with Gasteiger partial charge in [-0.3, -0.25) is 14.1 Å². The largest absolute Gasteiger partial charge is 0.478 e. The van der Waals surface area contributed by atoms with E-state index in [9.17, 15) is 32.5 Å². The zero-order chi connectivity index (χ0) is 27.1. The Morgan fingerprint density at radius 3 is 2.35 bits per heavy atom. The van der Waals surface area contributed by atoms with Gasteiger partial charge >= 0.3 is 16.3 Å². The van der Waals surface area contributed by atoms with Crippen molar-refractivity contribution in [1.82, 2.24) is 29.6 Å². The Kier molecular flexibility index (Phi) is 6.85. The van der Waals surface area contributed by atoms with E-state index in [0.717, 1.165) is 16.1 Å². The Bertz CT molecular complexity index is 1360. The number of nitrogen functional groups attached to an aromatic ring is 1. The summed E-state index contributed by atoms with van der Waals surface area (Å²) in [7, 11) is -5.00. The smallest absolute Gasteiger partial charge is 0.362 e. The van der Waals surface area contributed by atoms with Crippen molar-refractivity contribution in [3.63, 3.8) is 0 Å². The van der Waals surface area contributed by atoms with Gasteiger partial charge in [-0.15, -0.1) is 11.3 Å². The number of aromatic nitrogens is 4. The molecule has 20 heteroatoms. The SMILES string of the molecule is NCc1nn(CC2C(NC(=O)C(=NOC3(C(=O)O)CC3)c3csc(N)n3)C(=O)N2S(=O)(=O)O)nc1CN. The predicted octanol–water partition coefficient (Wildman–Crippen LogP) is -3.23. The van der Waals surface area contributed by atoms with Crippen LogP contribution in [-0.4, -0.2) is 83.5 Å². The molecule has 200 valence electrons. The lowest BCUT2D eigenvalue weighted by atomic mass is 9.98. The summed E-state index contributed by atoms with van der Waals surface area (Å²) < 4.78 is 33.3. The van der Waals surface area contributed by atoms with Crippen LogP contribution in [0.1, 0.15) is 29.9 Å². The maximum absolute atomic E-state index is 13.1. The molecule has 4 rings (SSSR count). The topological polar surface area (TPSA) is 284 Å². The number of thiazole rings is 1. The van der Waals surface area contributed by atoms with Crippen molar-refractivity contribution in [1.29, 1.82) is 0 Å². The highest BCUT2D eigenvalue weighted by atomic mass is 32.2. The van der Waals surface area contributed by atoms with E-state index in [4.69, 9.17) is 22.0 Å². The molecule has 1 saturated carbocycles. The summed E-state index contributed by atoms with van der Waals surface area (Å²) >= 11 is 0.965. The number of nitrogens with two attached hydrogens (primary N) is 3. The molecule has 2 amide bonds. The van der Waals surface area contributed by atoms with Gasteiger partial charge in [0.15, 0.2) is 10.8 Å². The Morgan fingerprint density at radius 2 is 1.89 bits per heavy atom. The molecular weight excluding hydrogens is 536 g/mol. The number of oxime groups is 1. The fourth-order valence-electron chi connectivity index (χ4n) is 3.52. The molecular formula is C17H22N10O8S2. The molecule has 2 fully saturated rings. The molecule has 9 N–H and O–H groups in total. The predicted molar refractivity (Wildman–Crippen MR) is 124 cm³/mol. The van der Waals surface area contributed by atoms with E-state index in [1.807, 2.05) is 0 Å². The maximum atomic E-state index is 13.1. The minimum absolute atomic E-state index is 0.00720. The van der Waals surface area contributed by atoms with Crippen LogP contribution in [0.25, 0.3) is 0 Å². The number of hydrogen-bond donors (Lipinski definition) is 6. The van der Waals surface area contributed by atoms with E-state index in [0.29, 0.717) is 11.4 Å². The molecule has 1 aliphatic carbocycles. The van der Waals surface area contributed by atoms with Gasteiger partial charge in [-0.2, -0.15) is 23.4 Å². The molecule has 37 heavy (non-hydrogen) atoms. The molecule has 18 nitrogen and oxygen atoms in total. The van der Waals surface area contributed by atoms with E-state index >= 15 is 0 Å². The first-order valence-corrected chi connectivity index (χ1v) is 12.8. The number of β-lactam (4-membered cyclic amide) rings is 1. The first kappa shape index (κ1) is 26.3. The van der Waals surface area contributed by atoms with Crippen LogP contribution in [0.2, 0.25) is 0 Å². The monoisotopic (exact) mass is 558 g/mol. The Morgan fingerprint density at radius 1 is 1.27 bits per heavy atom. The average molecular weight is 559 g/mol. The number of carboxylic acids is 1. The average Bonchev–Trinajstić information content (AvgIpc) is 3.34. The molecule has 2 atom stereocenters. The lowest BCUT2D eigenvalue weighted by molar-refractivity contribution is -0.153. The number of nitrogens with zero attached hydrogens (tertiary/aromatic N) is 6. The van der Waals surface area contributed by atoms with Gasteiger partial charge in [0, 0.05) is 31.3 Å². The second kappa shape index (κ2) is 9.63. The molecule has 2 aromatic heterocycles. The van der Waals surface area contributed by atoms with Gasteiger partial charge in [0.05, 0.1) is 6.54 Å². The van der Waals surface area contributed by atoms with E-state index < -0.39 is 51.5 Å². The molecule has 0 bridgehead atoms. The van der Waals surface area contributed by atoms with Crippen LogP contribution in [0, 0.1) is 0 Å². The van der Waals surface area contributed by atoms with E-state index in [2.05, 4.69) is 25.7 Å². The molecule has 2 aliphatic rings. The van der Waals surface area contributed by atoms with Gasteiger partial charge in [0.1, 0.15) is 29.2 Å². The first-order valence-electron chi connectivity index (χ1n) is 10.6. The second-order valence-electron chi connectivity index (χ2n) is 8.09.